The molecule has 0 aliphatic carbocycles. The van der Waals surface area contributed by atoms with Crippen molar-refractivity contribution >= 4 is 23.2 Å². The second kappa shape index (κ2) is 10.2. The molecule has 1 heterocycles. The van der Waals surface area contributed by atoms with Crippen molar-refractivity contribution in [1.29, 1.82) is 0 Å². The Bertz CT molecular complexity index is 510. The van der Waals surface area contributed by atoms with Crippen LogP contribution >= 0.6 is 11.3 Å². The van der Waals surface area contributed by atoms with Crippen molar-refractivity contribution in [3.05, 3.63) is 16.1 Å². The lowest BCUT2D eigenvalue weighted by Crippen LogP contribution is -2.38. The average molecular weight is 340 g/mol. The number of carbonyl (C=O) groups excluding carboxylic acids is 1. The van der Waals surface area contributed by atoms with Gasteiger partial charge in [-0.15, -0.1) is 11.3 Å². The maximum Gasteiger partial charge on any atom is 0.243 e. The van der Waals surface area contributed by atoms with E-state index in [1.807, 2.05) is 0 Å². The van der Waals surface area contributed by atoms with E-state index >= 15 is 0 Å². The van der Waals surface area contributed by atoms with E-state index in [1.165, 1.54) is 0 Å². The number of thiazole rings is 1. The first-order chi connectivity index (χ1) is 10.9. The number of hydrogen-bond donors (Lipinski definition) is 2. The lowest BCUT2D eigenvalue weighted by molar-refractivity contribution is -0.127. The lowest BCUT2D eigenvalue weighted by Gasteiger charge is -2.13. The van der Waals surface area contributed by atoms with E-state index in [0.717, 1.165) is 30.1 Å². The molecule has 6 nitrogen and oxygen atoms in total. The SMILES string of the molecule is CCCCNC(=NCC(=O)N(C)C)NCc1nc(C(C)C)cs1. The molecule has 0 unspecified atom stereocenters. The number of carbonyl (C=O) groups is 1. The zero-order valence-corrected chi connectivity index (χ0v) is 15.7. The molecule has 1 rings (SSSR count). The average Bonchev–Trinajstić information content (AvgIpc) is 2.98. The van der Waals surface area contributed by atoms with E-state index in [1.54, 1.807) is 30.3 Å². The number of unbranched alkanes of at least 4 members (excludes halogenated alkanes) is 1. The number of guanidine groups is 1. The van der Waals surface area contributed by atoms with E-state index in [2.05, 4.69) is 46.8 Å². The minimum absolute atomic E-state index is 0.0158. The number of likely N-dealkylation sites (N-methyl/N-ethyl adjacent to an activating group) is 1. The van der Waals surface area contributed by atoms with Crippen LogP contribution < -0.4 is 10.6 Å². The third-order valence-corrected chi connectivity index (χ3v) is 4.13. The molecule has 0 bridgehead atoms. The quantitative estimate of drug-likeness (QED) is 0.433. The van der Waals surface area contributed by atoms with Crippen LogP contribution in [0, 0.1) is 0 Å². The van der Waals surface area contributed by atoms with Gasteiger partial charge < -0.3 is 15.5 Å². The van der Waals surface area contributed by atoms with Crippen LogP contribution in [0.25, 0.3) is 0 Å². The number of hydrogen-bond acceptors (Lipinski definition) is 4. The van der Waals surface area contributed by atoms with Gasteiger partial charge in [-0.25, -0.2) is 9.98 Å². The van der Waals surface area contributed by atoms with Crippen molar-refractivity contribution < 1.29 is 4.79 Å². The number of aromatic nitrogens is 1. The van der Waals surface area contributed by atoms with Crippen LogP contribution in [0.5, 0.6) is 0 Å². The molecule has 0 spiro atoms. The zero-order valence-electron chi connectivity index (χ0n) is 14.8. The van der Waals surface area contributed by atoms with Gasteiger partial charge >= 0.3 is 0 Å². The van der Waals surface area contributed by atoms with E-state index in [4.69, 9.17) is 0 Å². The van der Waals surface area contributed by atoms with Crippen LogP contribution in [0.4, 0.5) is 0 Å². The predicted molar refractivity (Wildman–Crippen MR) is 96.9 cm³/mol. The highest BCUT2D eigenvalue weighted by Gasteiger charge is 2.07. The number of rotatable bonds is 8. The van der Waals surface area contributed by atoms with Crippen LogP contribution in [0.1, 0.15) is 50.2 Å². The molecular weight excluding hydrogens is 310 g/mol. The highest BCUT2D eigenvalue weighted by Crippen LogP contribution is 2.17. The first kappa shape index (κ1) is 19.4. The zero-order chi connectivity index (χ0) is 17.2. The smallest absolute Gasteiger partial charge is 0.243 e. The normalized spacial score (nSPS) is 11.7. The Balaban J connectivity index is 2.59. The molecule has 1 aromatic rings. The van der Waals surface area contributed by atoms with Gasteiger partial charge in [-0.3, -0.25) is 4.79 Å². The van der Waals surface area contributed by atoms with Gasteiger partial charge in [-0.1, -0.05) is 27.2 Å². The summed E-state index contributed by atoms with van der Waals surface area (Å²) in [6.07, 6.45) is 2.18. The molecule has 2 N–H and O–H groups in total. The Morgan fingerprint density at radius 1 is 1.39 bits per heavy atom. The molecular formula is C16H29N5OS. The van der Waals surface area contributed by atoms with Crippen molar-refractivity contribution in [3.63, 3.8) is 0 Å². The predicted octanol–water partition coefficient (Wildman–Crippen LogP) is 2.19. The van der Waals surface area contributed by atoms with Gasteiger partial charge in [0.2, 0.25) is 5.91 Å². The molecule has 0 fully saturated rings. The minimum atomic E-state index is -0.0158. The van der Waals surface area contributed by atoms with Crippen molar-refractivity contribution in [2.45, 2.75) is 46.1 Å². The monoisotopic (exact) mass is 339 g/mol. The van der Waals surface area contributed by atoms with Crippen LogP contribution in [-0.4, -0.2) is 48.9 Å². The Kier molecular flexibility index (Phi) is 8.61. The van der Waals surface area contributed by atoms with E-state index in [-0.39, 0.29) is 12.5 Å². The van der Waals surface area contributed by atoms with Crippen molar-refractivity contribution in [2.24, 2.45) is 4.99 Å². The fraction of sp³-hybridized carbons (Fsp3) is 0.688. The molecule has 0 aliphatic heterocycles. The van der Waals surface area contributed by atoms with E-state index in [0.29, 0.717) is 18.4 Å². The van der Waals surface area contributed by atoms with Crippen LogP contribution in [-0.2, 0) is 11.3 Å². The highest BCUT2D eigenvalue weighted by molar-refractivity contribution is 7.09. The third kappa shape index (κ3) is 7.45. The fourth-order valence-electron chi connectivity index (χ4n) is 1.68. The van der Waals surface area contributed by atoms with Crippen molar-refractivity contribution in [3.8, 4) is 0 Å². The Hall–Kier alpha value is -1.63. The minimum Gasteiger partial charge on any atom is -0.356 e. The van der Waals surface area contributed by atoms with Gasteiger partial charge in [0, 0.05) is 26.0 Å². The summed E-state index contributed by atoms with van der Waals surface area (Å²) in [4.78, 5) is 22.2. The summed E-state index contributed by atoms with van der Waals surface area (Å²) in [6, 6.07) is 0. The summed E-state index contributed by atoms with van der Waals surface area (Å²) >= 11 is 1.65. The van der Waals surface area contributed by atoms with Crippen LogP contribution in [0.15, 0.2) is 10.4 Å². The molecule has 23 heavy (non-hydrogen) atoms. The van der Waals surface area contributed by atoms with Crippen LogP contribution in [0.2, 0.25) is 0 Å². The molecule has 7 heteroatoms. The molecule has 1 amide bonds. The number of nitrogens with one attached hydrogen (secondary N) is 2. The summed E-state index contributed by atoms with van der Waals surface area (Å²) in [7, 11) is 3.47. The Morgan fingerprint density at radius 3 is 2.70 bits per heavy atom. The summed E-state index contributed by atoms with van der Waals surface area (Å²) in [5.74, 6) is 1.08. The number of nitrogens with zero attached hydrogens (tertiary/aromatic N) is 3. The Morgan fingerprint density at radius 2 is 2.13 bits per heavy atom. The second-order valence-corrected chi connectivity index (χ2v) is 6.85. The fourth-order valence-corrected chi connectivity index (χ4v) is 2.57. The summed E-state index contributed by atoms with van der Waals surface area (Å²) in [6.45, 7) is 8.02. The molecule has 130 valence electrons. The van der Waals surface area contributed by atoms with Crippen molar-refractivity contribution in [1.82, 2.24) is 20.5 Å². The maximum atomic E-state index is 11.7. The van der Waals surface area contributed by atoms with Gasteiger partial charge in [-0.05, 0) is 12.3 Å². The van der Waals surface area contributed by atoms with Crippen molar-refractivity contribution in [2.75, 3.05) is 27.2 Å². The molecule has 0 aliphatic rings. The van der Waals surface area contributed by atoms with E-state index in [9.17, 15) is 4.79 Å². The molecule has 0 saturated carbocycles. The Labute approximate surface area is 143 Å². The summed E-state index contributed by atoms with van der Waals surface area (Å²) in [5.41, 5.74) is 1.12. The number of aliphatic imine (C=N–C) groups is 1. The first-order valence-corrected chi connectivity index (χ1v) is 8.98. The van der Waals surface area contributed by atoms with Crippen LogP contribution in [0.3, 0.4) is 0 Å². The second-order valence-electron chi connectivity index (χ2n) is 5.91. The van der Waals surface area contributed by atoms with E-state index < -0.39 is 0 Å². The largest absolute Gasteiger partial charge is 0.356 e. The topological polar surface area (TPSA) is 69.6 Å². The number of amides is 1. The van der Waals surface area contributed by atoms with Gasteiger partial charge in [0.05, 0.1) is 12.2 Å². The third-order valence-electron chi connectivity index (χ3n) is 3.26. The molecule has 0 atom stereocenters. The molecule has 0 radical (unpaired) electrons. The highest BCUT2D eigenvalue weighted by atomic mass is 32.1. The van der Waals surface area contributed by atoms with Gasteiger partial charge in [0.25, 0.3) is 0 Å². The molecule has 1 aromatic heterocycles. The van der Waals surface area contributed by atoms with Gasteiger partial charge in [-0.2, -0.15) is 0 Å². The maximum absolute atomic E-state index is 11.7. The standard InChI is InChI=1S/C16H29N5OS/c1-6-7-8-17-16(19-10-15(22)21(4)5)18-9-14-20-13(11-23-14)12(2)3/h11-12H,6-10H2,1-5H3,(H2,17,18,19). The van der Waals surface area contributed by atoms with Gasteiger partial charge in [0.15, 0.2) is 5.96 Å². The lowest BCUT2D eigenvalue weighted by atomic mass is 10.2. The first-order valence-electron chi connectivity index (χ1n) is 8.10. The molecule has 0 saturated heterocycles. The summed E-state index contributed by atoms with van der Waals surface area (Å²) in [5, 5.41) is 9.64. The van der Waals surface area contributed by atoms with Gasteiger partial charge in [0.1, 0.15) is 11.6 Å². The molecule has 0 aromatic carbocycles. The summed E-state index contributed by atoms with van der Waals surface area (Å²) < 4.78 is 0.